The van der Waals surface area contributed by atoms with Crippen LogP contribution in [-0.4, -0.2) is 72.2 Å². The first-order valence-corrected chi connectivity index (χ1v) is 17.7. The number of amides is 2. The number of alkyl halides is 3. The number of carbonyl (C=O) groups excluding carboxylic acids is 2. The van der Waals surface area contributed by atoms with Gasteiger partial charge in [0.05, 0.1) is 35.9 Å². The first-order valence-electron chi connectivity index (χ1n) is 17.7. The molecule has 1 heterocycles. The van der Waals surface area contributed by atoms with E-state index in [0.29, 0.717) is 25.2 Å². The fourth-order valence-electron chi connectivity index (χ4n) is 6.45. The third-order valence-electron chi connectivity index (χ3n) is 9.32. The quantitative estimate of drug-likeness (QED) is 0.147. The Balaban J connectivity index is 1.35. The Bertz CT molecular complexity index is 1780. The molecule has 4 aromatic rings. The van der Waals surface area contributed by atoms with Crippen molar-refractivity contribution in [2.24, 2.45) is 5.92 Å². The number of nitrogens with one attached hydrogen (secondary N) is 1. The molecule has 2 amide bonds. The third kappa shape index (κ3) is 9.51. The van der Waals surface area contributed by atoms with E-state index in [2.05, 4.69) is 58.4 Å². The van der Waals surface area contributed by atoms with Crippen LogP contribution in [0.25, 0.3) is 0 Å². The highest BCUT2D eigenvalue weighted by Gasteiger charge is 2.35. The molecule has 1 aliphatic rings. The molecule has 52 heavy (non-hydrogen) atoms. The largest absolute Gasteiger partial charge is 0.486 e. The lowest BCUT2D eigenvalue weighted by molar-refractivity contribution is -0.137. The van der Waals surface area contributed by atoms with Crippen LogP contribution in [0.3, 0.4) is 0 Å². The first-order chi connectivity index (χ1) is 24.9. The fourth-order valence-corrected chi connectivity index (χ4v) is 6.45. The average Bonchev–Trinajstić information content (AvgIpc) is 3.12. The standard InChI is InChI=1S/C41H47F3N4O4/c1-5-22-47(33-10-7-6-8-11-33)34-20-16-31(17-21-34)25-46(4)26-37-28(2)24-48(29(3)27-49)40(51)35-12-9-13-36(39(35)52-37)45-38(50)23-30-14-18-32(19-15-30)41(42,43)44/h6-21,28-29,37,49H,5,22-27H2,1-4H3,(H,45,50)/t28-,29?,37-/m1/s1. The second-order valence-corrected chi connectivity index (χ2v) is 13.6. The molecule has 3 atom stereocenters. The van der Waals surface area contributed by atoms with Crippen molar-refractivity contribution in [3.63, 3.8) is 0 Å². The Morgan fingerprint density at radius 3 is 2.25 bits per heavy atom. The molecule has 5 rings (SSSR count). The molecule has 1 aliphatic heterocycles. The molecule has 0 saturated heterocycles. The van der Waals surface area contributed by atoms with Crippen LogP contribution >= 0.6 is 0 Å². The molecule has 0 radical (unpaired) electrons. The highest BCUT2D eigenvalue weighted by Crippen LogP contribution is 2.36. The van der Waals surface area contributed by atoms with Gasteiger partial charge in [-0.05, 0) is 80.1 Å². The zero-order valence-corrected chi connectivity index (χ0v) is 30.1. The Morgan fingerprint density at radius 1 is 0.962 bits per heavy atom. The van der Waals surface area contributed by atoms with Crippen LogP contribution in [0.1, 0.15) is 54.2 Å². The van der Waals surface area contributed by atoms with Crippen LogP contribution in [0.5, 0.6) is 5.75 Å². The highest BCUT2D eigenvalue weighted by atomic mass is 19.4. The molecule has 2 N–H and O–H groups in total. The number of benzene rings is 4. The summed E-state index contributed by atoms with van der Waals surface area (Å²) < 4.78 is 45.8. The number of anilines is 3. The summed E-state index contributed by atoms with van der Waals surface area (Å²) in [5.74, 6) is -0.738. The van der Waals surface area contributed by atoms with E-state index in [0.717, 1.165) is 42.0 Å². The minimum atomic E-state index is -4.47. The van der Waals surface area contributed by atoms with Crippen LogP contribution in [0.2, 0.25) is 0 Å². The van der Waals surface area contributed by atoms with Crippen molar-refractivity contribution in [2.45, 2.75) is 58.5 Å². The van der Waals surface area contributed by atoms with Crippen LogP contribution in [0, 0.1) is 5.92 Å². The van der Waals surface area contributed by atoms with Gasteiger partial charge in [-0.3, -0.25) is 14.5 Å². The van der Waals surface area contributed by atoms with E-state index in [1.807, 2.05) is 32.2 Å². The molecule has 1 unspecified atom stereocenters. The van der Waals surface area contributed by atoms with Gasteiger partial charge < -0.3 is 25.0 Å². The first kappa shape index (κ1) is 38.4. The molecule has 0 bridgehead atoms. The number of ether oxygens (including phenoxy) is 1. The predicted molar refractivity (Wildman–Crippen MR) is 198 cm³/mol. The normalized spacial score (nSPS) is 16.8. The molecule has 8 nitrogen and oxygen atoms in total. The summed E-state index contributed by atoms with van der Waals surface area (Å²) in [6, 6.07) is 27.7. The Labute approximate surface area is 303 Å². The van der Waals surface area contributed by atoms with Crippen molar-refractivity contribution >= 4 is 28.9 Å². The summed E-state index contributed by atoms with van der Waals surface area (Å²) in [4.78, 5) is 33.2. The fraction of sp³-hybridized carbons (Fsp3) is 0.366. The van der Waals surface area contributed by atoms with Gasteiger partial charge in [0.1, 0.15) is 6.10 Å². The summed E-state index contributed by atoms with van der Waals surface area (Å²) in [5, 5.41) is 12.9. The summed E-state index contributed by atoms with van der Waals surface area (Å²) >= 11 is 0. The molecule has 0 aromatic heterocycles. The van der Waals surface area contributed by atoms with Crippen molar-refractivity contribution < 1.29 is 32.6 Å². The van der Waals surface area contributed by atoms with Crippen molar-refractivity contribution in [3.05, 3.63) is 119 Å². The lowest BCUT2D eigenvalue weighted by atomic mass is 9.98. The van der Waals surface area contributed by atoms with Gasteiger partial charge in [-0.1, -0.05) is 62.4 Å². The minimum absolute atomic E-state index is 0.152. The number of hydrogen-bond acceptors (Lipinski definition) is 6. The SMILES string of the molecule is CCCN(c1ccccc1)c1ccc(CN(C)C[C@H]2Oc3c(NC(=O)Cc4ccc(C(F)(F)F)cc4)cccc3C(=O)N(C(C)CO)C[C@H]2C)cc1. The van der Waals surface area contributed by atoms with Gasteiger partial charge in [0.15, 0.2) is 5.75 Å². The van der Waals surface area contributed by atoms with E-state index < -0.39 is 29.8 Å². The maximum absolute atomic E-state index is 13.9. The van der Waals surface area contributed by atoms with Gasteiger partial charge in [0, 0.05) is 43.5 Å². The van der Waals surface area contributed by atoms with Gasteiger partial charge in [0.2, 0.25) is 5.91 Å². The van der Waals surface area contributed by atoms with E-state index in [1.54, 1.807) is 30.0 Å². The Morgan fingerprint density at radius 2 is 1.62 bits per heavy atom. The van der Waals surface area contributed by atoms with Crippen LogP contribution in [0.4, 0.5) is 30.2 Å². The molecule has 0 aliphatic carbocycles. The number of hydrogen-bond donors (Lipinski definition) is 2. The van der Waals surface area contributed by atoms with Gasteiger partial charge in [-0.2, -0.15) is 13.2 Å². The number of fused-ring (bicyclic) bond motifs is 1. The molecule has 0 spiro atoms. The predicted octanol–water partition coefficient (Wildman–Crippen LogP) is 7.79. The van der Waals surface area contributed by atoms with Gasteiger partial charge >= 0.3 is 6.18 Å². The smallest absolute Gasteiger partial charge is 0.416 e. The van der Waals surface area contributed by atoms with Crippen molar-refractivity contribution in [2.75, 3.05) is 43.5 Å². The molecule has 0 fully saturated rings. The lowest BCUT2D eigenvalue weighted by Gasteiger charge is -2.38. The number of likely N-dealkylation sites (N-methyl/N-ethyl adjacent to an activating group) is 1. The molecule has 276 valence electrons. The van der Waals surface area contributed by atoms with E-state index in [-0.39, 0.29) is 41.9 Å². The average molecular weight is 717 g/mol. The van der Waals surface area contributed by atoms with Crippen molar-refractivity contribution in [1.29, 1.82) is 0 Å². The number of para-hydroxylation sites is 2. The molecule has 0 saturated carbocycles. The lowest BCUT2D eigenvalue weighted by Crippen LogP contribution is -2.49. The van der Waals surface area contributed by atoms with Crippen LogP contribution < -0.4 is 15.0 Å². The highest BCUT2D eigenvalue weighted by molar-refractivity contribution is 6.02. The number of aliphatic hydroxyl groups is 1. The Kier molecular flexibility index (Phi) is 12.6. The van der Waals surface area contributed by atoms with Crippen molar-refractivity contribution in [1.82, 2.24) is 9.80 Å². The van der Waals surface area contributed by atoms with Gasteiger partial charge in [-0.15, -0.1) is 0 Å². The minimum Gasteiger partial charge on any atom is -0.486 e. The molecular weight excluding hydrogens is 669 g/mol. The summed E-state index contributed by atoms with van der Waals surface area (Å²) in [6.45, 7) is 8.11. The maximum Gasteiger partial charge on any atom is 0.416 e. The number of carbonyl (C=O) groups is 2. The summed E-state index contributed by atoms with van der Waals surface area (Å²) in [7, 11) is 2.01. The third-order valence-corrected chi connectivity index (χ3v) is 9.32. The Hall–Kier alpha value is -4.87. The van der Waals surface area contributed by atoms with E-state index in [1.165, 1.54) is 12.1 Å². The zero-order chi connectivity index (χ0) is 37.4. The monoisotopic (exact) mass is 716 g/mol. The van der Waals surface area contributed by atoms with E-state index >= 15 is 0 Å². The van der Waals surface area contributed by atoms with Gasteiger partial charge in [0.25, 0.3) is 5.91 Å². The molecule has 4 aromatic carbocycles. The summed E-state index contributed by atoms with van der Waals surface area (Å²) in [5.41, 5.74) is 3.52. The maximum atomic E-state index is 13.9. The topological polar surface area (TPSA) is 85.4 Å². The second-order valence-electron chi connectivity index (χ2n) is 13.6. The van der Waals surface area contributed by atoms with Crippen LogP contribution in [0.15, 0.2) is 97.1 Å². The van der Waals surface area contributed by atoms with Crippen molar-refractivity contribution in [3.8, 4) is 5.75 Å². The van der Waals surface area contributed by atoms with Gasteiger partial charge in [-0.25, -0.2) is 0 Å². The number of aliphatic hydroxyl groups excluding tert-OH is 1. The number of rotatable bonds is 13. The zero-order valence-electron chi connectivity index (χ0n) is 30.1. The summed E-state index contributed by atoms with van der Waals surface area (Å²) in [6.07, 6.45) is -4.05. The number of nitrogens with zero attached hydrogens (tertiary/aromatic N) is 3. The second kappa shape index (κ2) is 17.1. The number of halogens is 3. The molecular formula is C41H47F3N4O4. The van der Waals surface area contributed by atoms with E-state index in [9.17, 15) is 27.9 Å². The molecule has 11 heteroatoms. The van der Waals surface area contributed by atoms with Crippen LogP contribution in [-0.2, 0) is 23.9 Å². The van der Waals surface area contributed by atoms with E-state index in [4.69, 9.17) is 4.74 Å².